The van der Waals surface area contributed by atoms with E-state index < -0.39 is 0 Å². The van der Waals surface area contributed by atoms with Crippen LogP contribution in [0.2, 0.25) is 0 Å². The maximum absolute atomic E-state index is 13.2. The summed E-state index contributed by atoms with van der Waals surface area (Å²) >= 11 is 0. The first kappa shape index (κ1) is 15.1. The van der Waals surface area contributed by atoms with Crippen LogP contribution in [0.25, 0.3) is 0 Å². The summed E-state index contributed by atoms with van der Waals surface area (Å²) in [5, 5.41) is 3.45. The summed E-state index contributed by atoms with van der Waals surface area (Å²) in [4.78, 5) is 0. The summed E-state index contributed by atoms with van der Waals surface area (Å²) in [6, 6.07) is 5.21. The normalized spacial score (nSPS) is 13.0. The molecule has 0 spiro atoms. The van der Waals surface area contributed by atoms with Crippen molar-refractivity contribution in [1.29, 1.82) is 0 Å². The number of ether oxygens (including phenoxy) is 1. The summed E-state index contributed by atoms with van der Waals surface area (Å²) in [6.07, 6.45) is 0. The van der Waals surface area contributed by atoms with Crippen molar-refractivity contribution in [2.75, 3.05) is 13.2 Å². The molecular weight excluding hydrogens is 229 g/mol. The van der Waals surface area contributed by atoms with Gasteiger partial charge in [-0.2, -0.15) is 0 Å². The Labute approximate surface area is 110 Å². The van der Waals surface area contributed by atoms with Crippen LogP contribution in [-0.4, -0.2) is 19.3 Å². The van der Waals surface area contributed by atoms with E-state index in [0.717, 1.165) is 17.7 Å². The average Bonchev–Trinajstić information content (AvgIpc) is 2.33. The van der Waals surface area contributed by atoms with Crippen LogP contribution in [0.4, 0.5) is 4.39 Å². The van der Waals surface area contributed by atoms with Crippen LogP contribution >= 0.6 is 0 Å². The maximum atomic E-state index is 13.2. The molecule has 1 N–H and O–H groups in total. The van der Waals surface area contributed by atoms with Gasteiger partial charge in [0.15, 0.2) is 0 Å². The van der Waals surface area contributed by atoms with Crippen molar-refractivity contribution >= 4 is 0 Å². The van der Waals surface area contributed by atoms with E-state index in [2.05, 4.69) is 19.2 Å². The quantitative estimate of drug-likeness (QED) is 0.805. The van der Waals surface area contributed by atoms with Gasteiger partial charge in [0.25, 0.3) is 0 Å². The molecule has 18 heavy (non-hydrogen) atoms. The minimum Gasteiger partial charge on any atom is -0.380 e. The molecule has 0 aliphatic rings. The predicted octanol–water partition coefficient (Wildman–Crippen LogP) is 3.28. The molecule has 0 amide bonds. The lowest BCUT2D eigenvalue weighted by Gasteiger charge is -2.22. The van der Waals surface area contributed by atoms with Gasteiger partial charge in [-0.25, -0.2) is 4.39 Å². The highest BCUT2D eigenvalue weighted by atomic mass is 19.1. The van der Waals surface area contributed by atoms with E-state index in [1.807, 2.05) is 19.9 Å². The lowest BCUT2D eigenvalue weighted by atomic mass is 10.0. The molecule has 1 rings (SSSR count). The van der Waals surface area contributed by atoms with Crippen molar-refractivity contribution in [3.8, 4) is 0 Å². The van der Waals surface area contributed by atoms with Crippen LogP contribution in [0.1, 0.15) is 31.9 Å². The number of aryl methyl sites for hydroxylation is 1. The number of rotatable bonds is 7. The Kier molecular flexibility index (Phi) is 6.30. The third-order valence-electron chi connectivity index (χ3n) is 3.17. The van der Waals surface area contributed by atoms with Crippen LogP contribution in [0.15, 0.2) is 18.2 Å². The van der Waals surface area contributed by atoms with Gasteiger partial charge in [0.1, 0.15) is 5.82 Å². The lowest BCUT2D eigenvalue weighted by molar-refractivity contribution is 0.108. The van der Waals surface area contributed by atoms with Crippen molar-refractivity contribution in [2.45, 2.75) is 40.3 Å². The SMILES string of the molecule is CCOCC(NCc1cc(F)ccc1C)C(C)C. The zero-order chi connectivity index (χ0) is 13.5. The van der Waals surface area contributed by atoms with Gasteiger partial charge in [-0.3, -0.25) is 0 Å². The number of hydrogen-bond acceptors (Lipinski definition) is 2. The number of benzene rings is 1. The van der Waals surface area contributed by atoms with Gasteiger partial charge in [0, 0.05) is 19.2 Å². The van der Waals surface area contributed by atoms with E-state index in [1.165, 1.54) is 6.07 Å². The van der Waals surface area contributed by atoms with Crippen LogP contribution in [0.3, 0.4) is 0 Å². The minimum absolute atomic E-state index is 0.177. The van der Waals surface area contributed by atoms with Crippen molar-refractivity contribution in [2.24, 2.45) is 5.92 Å². The molecule has 1 atom stereocenters. The van der Waals surface area contributed by atoms with Crippen molar-refractivity contribution in [3.05, 3.63) is 35.1 Å². The highest BCUT2D eigenvalue weighted by Gasteiger charge is 2.13. The van der Waals surface area contributed by atoms with Crippen LogP contribution in [-0.2, 0) is 11.3 Å². The molecule has 0 fully saturated rings. The molecule has 1 aromatic rings. The number of halogens is 1. The monoisotopic (exact) mass is 253 g/mol. The molecule has 3 heteroatoms. The maximum Gasteiger partial charge on any atom is 0.123 e. The van der Waals surface area contributed by atoms with E-state index in [-0.39, 0.29) is 5.82 Å². The van der Waals surface area contributed by atoms with Crippen molar-refractivity contribution in [1.82, 2.24) is 5.32 Å². The Morgan fingerprint density at radius 2 is 2.06 bits per heavy atom. The molecule has 0 saturated heterocycles. The predicted molar refractivity (Wildman–Crippen MR) is 73.1 cm³/mol. The molecule has 2 nitrogen and oxygen atoms in total. The molecule has 0 heterocycles. The molecule has 0 aliphatic heterocycles. The first-order chi connectivity index (χ1) is 8.54. The fourth-order valence-corrected chi connectivity index (χ4v) is 1.80. The summed E-state index contributed by atoms with van der Waals surface area (Å²) in [6.45, 7) is 10.4. The van der Waals surface area contributed by atoms with E-state index in [4.69, 9.17) is 4.74 Å². The van der Waals surface area contributed by atoms with Crippen molar-refractivity contribution < 1.29 is 9.13 Å². The van der Waals surface area contributed by atoms with Gasteiger partial charge in [-0.1, -0.05) is 19.9 Å². The molecule has 0 radical (unpaired) electrons. The van der Waals surface area contributed by atoms with E-state index >= 15 is 0 Å². The zero-order valence-corrected chi connectivity index (χ0v) is 11.8. The van der Waals surface area contributed by atoms with E-state index in [9.17, 15) is 4.39 Å². The van der Waals surface area contributed by atoms with Crippen LogP contribution < -0.4 is 5.32 Å². The van der Waals surface area contributed by atoms with Gasteiger partial charge < -0.3 is 10.1 Å². The summed E-state index contributed by atoms with van der Waals surface area (Å²) < 4.78 is 18.6. The zero-order valence-electron chi connectivity index (χ0n) is 11.8. The smallest absolute Gasteiger partial charge is 0.123 e. The third kappa shape index (κ3) is 4.75. The molecule has 0 aromatic heterocycles. The second-order valence-electron chi connectivity index (χ2n) is 4.96. The third-order valence-corrected chi connectivity index (χ3v) is 3.17. The second-order valence-corrected chi connectivity index (χ2v) is 4.96. The highest BCUT2D eigenvalue weighted by molar-refractivity contribution is 5.26. The first-order valence-corrected chi connectivity index (χ1v) is 6.60. The average molecular weight is 253 g/mol. The number of hydrogen-bond donors (Lipinski definition) is 1. The molecule has 102 valence electrons. The first-order valence-electron chi connectivity index (χ1n) is 6.60. The number of nitrogens with one attached hydrogen (secondary N) is 1. The van der Waals surface area contributed by atoms with E-state index in [0.29, 0.717) is 25.1 Å². The van der Waals surface area contributed by atoms with Crippen LogP contribution in [0.5, 0.6) is 0 Å². The van der Waals surface area contributed by atoms with Gasteiger partial charge in [-0.15, -0.1) is 0 Å². The Morgan fingerprint density at radius 3 is 2.67 bits per heavy atom. The summed E-state index contributed by atoms with van der Waals surface area (Å²) in [5.41, 5.74) is 2.12. The Hall–Kier alpha value is -0.930. The second kappa shape index (κ2) is 7.49. The van der Waals surface area contributed by atoms with Crippen molar-refractivity contribution in [3.63, 3.8) is 0 Å². The van der Waals surface area contributed by atoms with Crippen LogP contribution in [0, 0.1) is 18.7 Å². The topological polar surface area (TPSA) is 21.3 Å². The van der Waals surface area contributed by atoms with Gasteiger partial charge in [0.2, 0.25) is 0 Å². The van der Waals surface area contributed by atoms with Gasteiger partial charge in [-0.05, 0) is 43.0 Å². The molecular formula is C15H24FNO. The van der Waals surface area contributed by atoms with Gasteiger partial charge in [0.05, 0.1) is 6.61 Å². The molecule has 1 aromatic carbocycles. The molecule has 1 unspecified atom stereocenters. The fraction of sp³-hybridized carbons (Fsp3) is 0.600. The Morgan fingerprint density at radius 1 is 1.33 bits per heavy atom. The minimum atomic E-state index is -0.177. The van der Waals surface area contributed by atoms with E-state index in [1.54, 1.807) is 6.07 Å². The fourth-order valence-electron chi connectivity index (χ4n) is 1.80. The Bertz CT molecular complexity index is 366. The van der Waals surface area contributed by atoms with Gasteiger partial charge >= 0.3 is 0 Å². The molecule has 0 aliphatic carbocycles. The largest absolute Gasteiger partial charge is 0.380 e. The summed E-state index contributed by atoms with van der Waals surface area (Å²) in [5.74, 6) is 0.314. The highest BCUT2D eigenvalue weighted by Crippen LogP contribution is 2.11. The summed E-state index contributed by atoms with van der Waals surface area (Å²) in [7, 11) is 0. The standard InChI is InChI=1S/C15H24FNO/c1-5-18-10-15(11(2)3)17-9-13-8-14(16)7-6-12(13)4/h6-8,11,15,17H,5,9-10H2,1-4H3. The Balaban J connectivity index is 2.58. The molecule has 0 bridgehead atoms. The molecule has 0 saturated carbocycles. The lowest BCUT2D eigenvalue weighted by Crippen LogP contribution is -2.37.